The van der Waals surface area contributed by atoms with Crippen LogP contribution in [0.5, 0.6) is 0 Å². The third-order valence-corrected chi connectivity index (χ3v) is 18.0. The number of rotatable bonds is 17. The van der Waals surface area contributed by atoms with Crippen LogP contribution < -0.4 is 15.6 Å². The van der Waals surface area contributed by atoms with Crippen LogP contribution in [0.2, 0.25) is 25.0 Å². The Morgan fingerprint density at radius 2 is 1.67 bits per heavy atom. The molecular formula is C37H49BN12O8PSSi. The fraction of sp³-hybridized carbons (Fsp3) is 0.514. The van der Waals surface area contributed by atoms with Crippen molar-refractivity contribution in [2.24, 2.45) is 0 Å². The molecule has 5 N–H and O–H groups in total. The van der Waals surface area contributed by atoms with Gasteiger partial charge in [0.15, 0.2) is 43.4 Å². The highest BCUT2D eigenvalue weighted by Crippen LogP contribution is 2.50. The van der Waals surface area contributed by atoms with E-state index in [4.69, 9.17) is 34.8 Å². The van der Waals surface area contributed by atoms with Gasteiger partial charge in [-0.1, -0.05) is 45.8 Å². The van der Waals surface area contributed by atoms with E-state index >= 15 is 0 Å². The monoisotopic (exact) mass is 891 g/mol. The first-order valence-corrected chi connectivity index (χ1v) is 25.3. The van der Waals surface area contributed by atoms with Crippen molar-refractivity contribution < 1.29 is 38.0 Å². The molecule has 0 aliphatic carbocycles. The van der Waals surface area contributed by atoms with Crippen molar-refractivity contribution in [3.05, 3.63) is 61.2 Å². The van der Waals surface area contributed by atoms with E-state index in [-0.39, 0.29) is 42.8 Å². The highest BCUT2D eigenvalue weighted by atomic mass is 32.5. The average molecular weight is 892 g/mol. The highest BCUT2D eigenvalue weighted by Gasteiger charge is 2.53. The number of hydrogen-bond acceptors (Lipinski definition) is 17. The molecule has 2 aliphatic rings. The molecule has 61 heavy (non-hydrogen) atoms. The van der Waals surface area contributed by atoms with Crippen LogP contribution in [0.15, 0.2) is 55.6 Å². The third-order valence-electron chi connectivity index (χ3n) is 11.0. The van der Waals surface area contributed by atoms with E-state index in [0.29, 0.717) is 33.7 Å². The number of fused-ring (bicyclic) bond motifs is 2. The predicted molar refractivity (Wildman–Crippen MR) is 231 cm³/mol. The number of amides is 1. The molecule has 8 atom stereocenters. The van der Waals surface area contributed by atoms with Crippen molar-refractivity contribution in [1.82, 2.24) is 44.1 Å². The molecule has 323 valence electrons. The minimum absolute atomic E-state index is 0.0384. The lowest BCUT2D eigenvalue weighted by Gasteiger charge is -2.41. The second kappa shape index (κ2) is 18.6. The smallest absolute Gasteiger partial charge is 0.261 e. The summed E-state index contributed by atoms with van der Waals surface area (Å²) in [6, 6.07) is 10.0. The summed E-state index contributed by atoms with van der Waals surface area (Å²) >= 11 is 6.13. The lowest BCUT2D eigenvalue weighted by Crippen LogP contribution is -2.52. The Morgan fingerprint density at radius 1 is 1.02 bits per heavy atom. The quantitative estimate of drug-likeness (QED) is 0.0502. The van der Waals surface area contributed by atoms with Crippen LogP contribution in [0.3, 0.4) is 0 Å². The molecule has 7 rings (SSSR count). The third kappa shape index (κ3) is 9.55. The van der Waals surface area contributed by atoms with Gasteiger partial charge in [0.05, 0.1) is 57.1 Å². The minimum atomic E-state index is -3.53. The summed E-state index contributed by atoms with van der Waals surface area (Å²) in [6.07, 6.45) is 0.998. The standard InChI is InChI=1S/C37H49BN12O8PSSi/c1-37(2,3)61(5,6)58-29-26(25(16-51)57-36(29)50-21-45-28-31(47-38-4)41-19-43-33(28)50)48-59(60,54-14-10-13-39)55-17-23-15-24(52)35(56-23)49-20-44-27-30(40-18-42-32(27)49)46-34(53)22-11-8-7-9-12-22/h7-9,11-12,18-21,23-26,29,35-36,51-52H,10,14-17H2,1-6H3,(H,48,60)(H,41,43,47)(H,40,42,46,53)/t23-,24+,25+,26+,29+,35+,36+,59?/m0/s1. The van der Waals surface area contributed by atoms with E-state index in [1.54, 1.807) is 47.1 Å². The first-order valence-electron chi connectivity index (χ1n) is 19.7. The lowest BCUT2D eigenvalue weighted by atomic mass is 10.0. The number of imidazole rings is 2. The van der Waals surface area contributed by atoms with Crippen molar-refractivity contribution in [3.8, 4) is 6.07 Å². The summed E-state index contributed by atoms with van der Waals surface area (Å²) in [7, 11) is -0.807. The molecule has 0 saturated carbocycles. The molecule has 1 unspecified atom stereocenters. The Morgan fingerprint density at radius 3 is 2.31 bits per heavy atom. The zero-order valence-electron chi connectivity index (χ0n) is 34.6. The van der Waals surface area contributed by atoms with E-state index in [2.05, 4.69) is 85.5 Å². The van der Waals surface area contributed by atoms with E-state index < -0.39 is 64.5 Å². The van der Waals surface area contributed by atoms with Crippen LogP contribution in [-0.4, -0.2) is 121 Å². The van der Waals surface area contributed by atoms with Gasteiger partial charge in [0.1, 0.15) is 42.3 Å². The Balaban J connectivity index is 1.12. The van der Waals surface area contributed by atoms with Gasteiger partial charge in [-0.3, -0.25) is 13.9 Å². The number of benzene rings is 1. The van der Waals surface area contributed by atoms with Gasteiger partial charge in [-0.2, -0.15) is 5.26 Å². The maximum atomic E-state index is 12.9. The Hall–Kier alpha value is -4.31. The van der Waals surface area contributed by atoms with Crippen molar-refractivity contribution in [2.75, 3.05) is 30.4 Å². The molecule has 4 aromatic heterocycles. The number of aliphatic hydroxyl groups is 2. The Labute approximate surface area is 359 Å². The number of ether oxygens (including phenoxy) is 2. The fourth-order valence-corrected chi connectivity index (χ4v) is 10.5. The molecule has 2 saturated heterocycles. The number of nitrogens with one attached hydrogen (secondary N) is 3. The molecule has 1 radical (unpaired) electrons. The first-order chi connectivity index (χ1) is 29.2. The zero-order chi connectivity index (χ0) is 43.5. The summed E-state index contributed by atoms with van der Waals surface area (Å²) in [6.45, 7) is 8.37. The number of aliphatic hydroxyl groups excluding tert-OH is 2. The maximum Gasteiger partial charge on any atom is 0.261 e. The van der Waals surface area contributed by atoms with E-state index in [1.807, 2.05) is 12.9 Å². The van der Waals surface area contributed by atoms with Gasteiger partial charge in [-0.15, -0.1) is 0 Å². The van der Waals surface area contributed by atoms with E-state index in [9.17, 15) is 20.3 Å². The van der Waals surface area contributed by atoms with Crippen LogP contribution in [0.1, 0.15) is 56.4 Å². The number of nitrogens with zero attached hydrogens (tertiary/aromatic N) is 9. The number of aromatic nitrogens is 8. The molecule has 5 aromatic rings. The number of anilines is 2. The molecule has 6 heterocycles. The zero-order valence-corrected chi connectivity index (χ0v) is 37.3. The molecule has 0 spiro atoms. The van der Waals surface area contributed by atoms with Crippen molar-refractivity contribution in [3.63, 3.8) is 0 Å². The minimum Gasteiger partial charge on any atom is -0.415 e. The second-order valence-corrected chi connectivity index (χ2v) is 24.0. The summed E-state index contributed by atoms with van der Waals surface area (Å²) in [5.74, 6) is 0.353. The molecule has 20 nitrogen and oxygen atoms in total. The molecule has 1 amide bonds. The van der Waals surface area contributed by atoms with E-state index in [0.717, 1.165) is 0 Å². The molecular weight excluding hydrogens is 842 g/mol. The summed E-state index contributed by atoms with van der Waals surface area (Å²) in [5.41, 5.74) is 2.10. The summed E-state index contributed by atoms with van der Waals surface area (Å²) in [4.78, 5) is 39.4. The van der Waals surface area contributed by atoms with Crippen molar-refractivity contribution in [2.45, 2.75) is 101 Å². The van der Waals surface area contributed by atoms with Crippen LogP contribution in [0.4, 0.5) is 11.6 Å². The van der Waals surface area contributed by atoms with Gasteiger partial charge < -0.3 is 43.7 Å². The molecule has 0 bridgehead atoms. The average Bonchev–Trinajstić information content (AvgIpc) is 4.02. The topological polar surface area (TPSA) is 251 Å². The van der Waals surface area contributed by atoms with Crippen LogP contribution in [-0.2, 0) is 34.8 Å². The second-order valence-electron chi connectivity index (χ2n) is 16.1. The fourth-order valence-electron chi connectivity index (χ4n) is 6.87. The van der Waals surface area contributed by atoms with Crippen LogP contribution in [0, 0.1) is 11.3 Å². The van der Waals surface area contributed by atoms with Gasteiger partial charge in [-0.05, 0) is 42.1 Å². The van der Waals surface area contributed by atoms with Crippen LogP contribution in [0.25, 0.3) is 22.3 Å². The van der Waals surface area contributed by atoms with Gasteiger partial charge in [0.2, 0.25) is 7.41 Å². The molecule has 24 heteroatoms. The molecule has 2 fully saturated rings. The van der Waals surface area contributed by atoms with E-state index in [1.165, 1.54) is 19.0 Å². The van der Waals surface area contributed by atoms with Crippen molar-refractivity contribution in [1.29, 1.82) is 5.26 Å². The molecule has 1 aromatic carbocycles. The van der Waals surface area contributed by atoms with Gasteiger partial charge in [-0.25, -0.2) is 35.0 Å². The number of carbonyl (C=O) groups is 1. The molecule has 2 aliphatic heterocycles. The number of hydrogen-bond donors (Lipinski definition) is 5. The Bertz CT molecular complexity index is 2420. The SMILES string of the molecule is C[B]Nc1ncnc2c1ncn2[C@@H]1O[C@H](CO)[C@@H](NP(=S)(OCCC#N)OC[C@@H]2C[C@@H](O)[C@H](n3cnc4c(NC(=O)c5ccccc5)ncnc43)O2)[C@H]1O[Si](C)(C)C(C)(C)C. The normalized spacial score (nSPS) is 24.1. The number of nitriles is 1. The number of carbonyl (C=O) groups excluding carboxylic acids is 1. The van der Waals surface area contributed by atoms with Gasteiger partial charge in [0.25, 0.3) is 12.5 Å². The largest absolute Gasteiger partial charge is 0.415 e. The maximum absolute atomic E-state index is 12.9. The summed E-state index contributed by atoms with van der Waals surface area (Å²) < 4.78 is 36.0. The first kappa shape index (κ1) is 44.7. The van der Waals surface area contributed by atoms with Crippen molar-refractivity contribution >= 4 is 74.1 Å². The van der Waals surface area contributed by atoms with Gasteiger partial charge in [0, 0.05) is 12.0 Å². The van der Waals surface area contributed by atoms with Crippen LogP contribution >= 0.6 is 6.64 Å². The predicted octanol–water partition coefficient (Wildman–Crippen LogP) is 4.06. The lowest BCUT2D eigenvalue weighted by molar-refractivity contribution is -0.0470. The highest BCUT2D eigenvalue weighted by molar-refractivity contribution is 8.09. The Kier molecular flexibility index (Phi) is 13.6. The summed E-state index contributed by atoms with van der Waals surface area (Å²) in [5, 5.41) is 40.5. The van der Waals surface area contributed by atoms with Gasteiger partial charge >= 0.3 is 0 Å².